The summed E-state index contributed by atoms with van der Waals surface area (Å²) in [4.78, 5) is 19.5. The summed E-state index contributed by atoms with van der Waals surface area (Å²) in [7, 11) is 0. The Balaban J connectivity index is 1.48. The summed E-state index contributed by atoms with van der Waals surface area (Å²) in [5.41, 5.74) is 1.73. The van der Waals surface area contributed by atoms with E-state index in [2.05, 4.69) is 20.5 Å². The molecule has 1 fully saturated rings. The predicted octanol–water partition coefficient (Wildman–Crippen LogP) is 4.26. The van der Waals surface area contributed by atoms with Crippen molar-refractivity contribution in [1.29, 1.82) is 0 Å². The second kappa shape index (κ2) is 8.00. The van der Waals surface area contributed by atoms with Crippen molar-refractivity contribution in [2.45, 2.75) is 44.9 Å². The maximum Gasteiger partial charge on any atom is 0.268 e. The molecule has 0 amide bonds. The Morgan fingerprint density at radius 3 is 2.81 bits per heavy atom. The summed E-state index contributed by atoms with van der Waals surface area (Å²) in [5.74, 6) is 0.748. The van der Waals surface area contributed by atoms with E-state index in [4.69, 9.17) is 16.4 Å². The summed E-state index contributed by atoms with van der Waals surface area (Å²) in [6.45, 7) is 0. The Morgan fingerprint density at radius 2 is 1.96 bits per heavy atom. The molecule has 27 heavy (non-hydrogen) atoms. The van der Waals surface area contributed by atoms with Gasteiger partial charge in [-0.3, -0.25) is 4.79 Å². The Labute approximate surface area is 161 Å². The SMILES string of the molecule is O=C(CCC1CCCCC1)c1cc(On2nnc3ccccc32)nnc1Cl. The van der Waals surface area contributed by atoms with Gasteiger partial charge < -0.3 is 4.84 Å². The maximum absolute atomic E-state index is 12.6. The van der Waals surface area contributed by atoms with E-state index in [1.165, 1.54) is 43.0 Å². The summed E-state index contributed by atoms with van der Waals surface area (Å²) in [6, 6.07) is 8.91. The monoisotopic (exact) mass is 385 g/mol. The van der Waals surface area contributed by atoms with Gasteiger partial charge in [0.15, 0.2) is 10.9 Å². The topological polar surface area (TPSA) is 82.8 Å². The number of aromatic nitrogens is 5. The Morgan fingerprint density at radius 1 is 1.15 bits per heavy atom. The second-order valence-electron chi connectivity index (χ2n) is 6.90. The smallest absolute Gasteiger partial charge is 0.268 e. The van der Waals surface area contributed by atoms with Crippen molar-refractivity contribution in [2.24, 2.45) is 5.92 Å². The highest BCUT2D eigenvalue weighted by Gasteiger charge is 2.19. The van der Waals surface area contributed by atoms with Crippen LogP contribution in [0.15, 0.2) is 30.3 Å². The number of carbonyl (C=O) groups excluding carboxylic acids is 1. The lowest BCUT2D eigenvalue weighted by molar-refractivity contribution is 0.0968. The predicted molar refractivity (Wildman–Crippen MR) is 101 cm³/mol. The van der Waals surface area contributed by atoms with Gasteiger partial charge in [-0.1, -0.05) is 60.7 Å². The van der Waals surface area contributed by atoms with Crippen LogP contribution in [0.2, 0.25) is 5.15 Å². The number of fused-ring (bicyclic) bond motifs is 1. The van der Waals surface area contributed by atoms with E-state index in [0.717, 1.165) is 6.42 Å². The number of nitrogens with zero attached hydrogens (tertiary/aromatic N) is 5. The van der Waals surface area contributed by atoms with Crippen LogP contribution in [0.5, 0.6) is 5.88 Å². The first-order valence-electron chi connectivity index (χ1n) is 9.26. The summed E-state index contributed by atoms with van der Waals surface area (Å²) < 4.78 is 0. The molecule has 0 saturated heterocycles. The van der Waals surface area contributed by atoms with Gasteiger partial charge in [-0.15, -0.1) is 15.3 Å². The van der Waals surface area contributed by atoms with Crippen LogP contribution >= 0.6 is 11.6 Å². The molecule has 3 aromatic rings. The summed E-state index contributed by atoms with van der Waals surface area (Å²) in [5, 5.41) is 15.8. The van der Waals surface area contributed by atoms with Crippen molar-refractivity contribution in [3.63, 3.8) is 0 Å². The lowest BCUT2D eigenvalue weighted by Crippen LogP contribution is -2.12. The average molecular weight is 386 g/mol. The molecule has 0 N–H and O–H groups in total. The lowest BCUT2D eigenvalue weighted by Gasteiger charge is -2.20. The third-order valence-corrected chi connectivity index (χ3v) is 5.31. The molecule has 1 aliphatic rings. The molecule has 140 valence electrons. The molecule has 0 bridgehead atoms. The van der Waals surface area contributed by atoms with Gasteiger partial charge in [-0.05, 0) is 29.7 Å². The zero-order valence-electron chi connectivity index (χ0n) is 14.8. The zero-order chi connectivity index (χ0) is 18.6. The van der Waals surface area contributed by atoms with Crippen LogP contribution in [0.4, 0.5) is 0 Å². The minimum absolute atomic E-state index is 0.0335. The number of ketones is 1. The molecule has 0 radical (unpaired) electrons. The van der Waals surface area contributed by atoms with Crippen LogP contribution < -0.4 is 4.84 Å². The number of rotatable bonds is 6. The van der Waals surface area contributed by atoms with E-state index < -0.39 is 0 Å². The van der Waals surface area contributed by atoms with E-state index in [-0.39, 0.29) is 16.8 Å². The molecule has 0 atom stereocenters. The van der Waals surface area contributed by atoms with E-state index in [0.29, 0.717) is 28.9 Å². The molecule has 8 heteroatoms. The van der Waals surface area contributed by atoms with Gasteiger partial charge in [0.2, 0.25) is 0 Å². The van der Waals surface area contributed by atoms with Gasteiger partial charge in [0.05, 0.1) is 5.56 Å². The molecule has 4 rings (SSSR count). The second-order valence-corrected chi connectivity index (χ2v) is 7.25. The van der Waals surface area contributed by atoms with Gasteiger partial charge in [0.25, 0.3) is 5.88 Å². The largest absolute Gasteiger partial charge is 0.334 e. The number of halogens is 1. The maximum atomic E-state index is 12.6. The lowest BCUT2D eigenvalue weighted by atomic mass is 9.85. The van der Waals surface area contributed by atoms with E-state index >= 15 is 0 Å². The van der Waals surface area contributed by atoms with Crippen LogP contribution in [0.25, 0.3) is 11.0 Å². The number of Topliss-reactive ketones (excluding diaryl/α,β-unsaturated/α-hetero) is 1. The summed E-state index contributed by atoms with van der Waals surface area (Å²) in [6.07, 6.45) is 7.61. The third-order valence-electron chi connectivity index (χ3n) is 5.03. The van der Waals surface area contributed by atoms with Crippen molar-refractivity contribution in [1.82, 2.24) is 25.4 Å². The standard InChI is InChI=1S/C19H20ClN5O2/c20-19-14(17(26)11-10-13-6-2-1-3-7-13)12-18(22-23-19)27-25-16-9-5-4-8-15(16)21-24-25/h4-5,8-9,12-13H,1-3,6-7,10-11H2. The molecule has 1 aromatic carbocycles. The normalized spacial score (nSPS) is 15.1. The van der Waals surface area contributed by atoms with Crippen LogP contribution in [0.3, 0.4) is 0 Å². The molecule has 2 aromatic heterocycles. The molecule has 1 saturated carbocycles. The van der Waals surface area contributed by atoms with Gasteiger partial charge in [0.1, 0.15) is 11.0 Å². The molecule has 0 aliphatic heterocycles. The molecule has 7 nitrogen and oxygen atoms in total. The van der Waals surface area contributed by atoms with E-state index in [9.17, 15) is 4.79 Å². The van der Waals surface area contributed by atoms with Crippen LogP contribution in [0.1, 0.15) is 55.3 Å². The van der Waals surface area contributed by atoms with Gasteiger partial charge in [-0.25, -0.2) is 0 Å². The molecule has 0 unspecified atom stereocenters. The fraction of sp³-hybridized carbons (Fsp3) is 0.421. The average Bonchev–Trinajstić information content (AvgIpc) is 3.11. The van der Waals surface area contributed by atoms with Gasteiger partial charge in [-0.2, -0.15) is 0 Å². The van der Waals surface area contributed by atoms with Crippen molar-refractivity contribution < 1.29 is 9.63 Å². The zero-order valence-corrected chi connectivity index (χ0v) is 15.6. The van der Waals surface area contributed by atoms with E-state index in [1.807, 2.05) is 24.3 Å². The number of benzene rings is 1. The Bertz CT molecular complexity index is 952. The fourth-order valence-corrected chi connectivity index (χ4v) is 3.75. The van der Waals surface area contributed by atoms with Crippen molar-refractivity contribution >= 4 is 28.4 Å². The number of hydrogen-bond donors (Lipinski definition) is 0. The minimum atomic E-state index is -0.0335. The summed E-state index contributed by atoms with van der Waals surface area (Å²) >= 11 is 6.10. The number of hydrogen-bond acceptors (Lipinski definition) is 6. The van der Waals surface area contributed by atoms with Crippen LogP contribution in [0, 0.1) is 5.92 Å². The molecule has 0 spiro atoms. The van der Waals surface area contributed by atoms with E-state index in [1.54, 1.807) is 0 Å². The van der Waals surface area contributed by atoms with Crippen molar-refractivity contribution in [3.8, 4) is 5.88 Å². The van der Waals surface area contributed by atoms with Crippen molar-refractivity contribution in [3.05, 3.63) is 41.0 Å². The highest BCUT2D eigenvalue weighted by molar-refractivity contribution is 6.32. The van der Waals surface area contributed by atoms with Crippen LogP contribution in [-0.2, 0) is 0 Å². The van der Waals surface area contributed by atoms with Crippen LogP contribution in [-0.4, -0.2) is 31.1 Å². The first-order chi connectivity index (χ1) is 13.2. The fourth-order valence-electron chi connectivity index (χ4n) is 3.55. The number of para-hydroxylation sites is 1. The third kappa shape index (κ3) is 4.08. The minimum Gasteiger partial charge on any atom is -0.334 e. The van der Waals surface area contributed by atoms with Crippen molar-refractivity contribution in [2.75, 3.05) is 0 Å². The molecular formula is C19H20ClN5O2. The highest BCUT2D eigenvalue weighted by atomic mass is 35.5. The Hall–Kier alpha value is -2.54. The van der Waals surface area contributed by atoms with Gasteiger partial charge >= 0.3 is 0 Å². The molecule has 1 aliphatic carbocycles. The Kier molecular flexibility index (Phi) is 5.29. The number of carbonyl (C=O) groups is 1. The first kappa shape index (κ1) is 17.9. The molecular weight excluding hydrogens is 366 g/mol. The molecule has 2 heterocycles. The highest BCUT2D eigenvalue weighted by Crippen LogP contribution is 2.28. The quantitative estimate of drug-likeness (QED) is 0.589. The first-order valence-corrected chi connectivity index (χ1v) is 9.64. The van der Waals surface area contributed by atoms with Gasteiger partial charge in [0, 0.05) is 12.5 Å².